The number of hydrogen-bond donors (Lipinski definition) is 1. The molecule has 3 atom stereocenters. The van der Waals surface area contributed by atoms with Crippen LogP contribution in [0.3, 0.4) is 0 Å². The lowest BCUT2D eigenvalue weighted by Gasteiger charge is -2.27. The lowest BCUT2D eigenvalue weighted by molar-refractivity contribution is 0.0842. The third-order valence-corrected chi connectivity index (χ3v) is 7.19. The van der Waals surface area contributed by atoms with Gasteiger partial charge >= 0.3 is 0 Å². The Morgan fingerprint density at radius 1 is 0.828 bits per heavy atom. The van der Waals surface area contributed by atoms with Crippen LogP contribution >= 0.6 is 0 Å². The first-order chi connectivity index (χ1) is 14.2. The zero-order valence-corrected chi connectivity index (χ0v) is 18.5. The van der Waals surface area contributed by atoms with Gasteiger partial charge in [-0.25, -0.2) is 0 Å². The Bertz CT molecular complexity index is 684. The van der Waals surface area contributed by atoms with Gasteiger partial charge in [0.05, 0.1) is 6.10 Å². The zero-order valence-electron chi connectivity index (χ0n) is 18.5. The number of aliphatic hydroxyl groups is 1. The quantitative estimate of drug-likeness (QED) is 0.416. The molecule has 3 rings (SSSR count). The second kappa shape index (κ2) is 11.6. The number of aliphatic hydroxyl groups excluding tert-OH is 1. The Morgan fingerprint density at radius 3 is 2.10 bits per heavy atom. The third-order valence-electron chi connectivity index (χ3n) is 7.19. The van der Waals surface area contributed by atoms with Crippen LogP contribution < -0.4 is 0 Å². The van der Waals surface area contributed by atoms with Gasteiger partial charge in [-0.1, -0.05) is 113 Å². The molecule has 0 saturated heterocycles. The summed E-state index contributed by atoms with van der Waals surface area (Å²) < 4.78 is 0. The van der Waals surface area contributed by atoms with Crippen LogP contribution in [0.1, 0.15) is 77.2 Å². The lowest BCUT2D eigenvalue weighted by Crippen LogP contribution is -2.24. The highest BCUT2D eigenvalue weighted by atomic mass is 16.3. The van der Waals surface area contributed by atoms with E-state index in [2.05, 4.69) is 68.4 Å². The van der Waals surface area contributed by atoms with Gasteiger partial charge in [0, 0.05) is 0 Å². The maximum absolute atomic E-state index is 11.0. The highest BCUT2D eigenvalue weighted by Gasteiger charge is 2.26. The smallest absolute Gasteiger partial charge is 0.0571 e. The molecular formula is C28H40O. The van der Waals surface area contributed by atoms with E-state index in [-0.39, 0.29) is 6.10 Å². The molecule has 0 heterocycles. The SMILES string of the molecule is CCCC(CCC(O)C(CC)Cc1ccc(-c2ccccc2)cc1)C1CCCC1. The van der Waals surface area contributed by atoms with Crippen molar-refractivity contribution in [3.8, 4) is 11.1 Å². The maximum Gasteiger partial charge on any atom is 0.0571 e. The van der Waals surface area contributed by atoms with Crippen LogP contribution in [0.15, 0.2) is 54.6 Å². The highest BCUT2D eigenvalue weighted by Crippen LogP contribution is 2.37. The Balaban J connectivity index is 1.54. The van der Waals surface area contributed by atoms with Crippen LogP contribution in [0.4, 0.5) is 0 Å². The molecule has 3 unspecified atom stereocenters. The van der Waals surface area contributed by atoms with E-state index >= 15 is 0 Å². The monoisotopic (exact) mass is 392 g/mol. The van der Waals surface area contributed by atoms with Crippen LogP contribution in [0.5, 0.6) is 0 Å². The Labute approximate surface area is 178 Å². The zero-order chi connectivity index (χ0) is 20.5. The number of hydrogen-bond acceptors (Lipinski definition) is 1. The molecule has 0 radical (unpaired) electrons. The van der Waals surface area contributed by atoms with Crippen molar-refractivity contribution in [2.45, 2.75) is 84.2 Å². The molecule has 158 valence electrons. The largest absolute Gasteiger partial charge is 0.393 e. The molecule has 2 aromatic carbocycles. The second-order valence-electron chi connectivity index (χ2n) is 9.17. The van der Waals surface area contributed by atoms with E-state index in [1.165, 1.54) is 61.6 Å². The van der Waals surface area contributed by atoms with E-state index in [1.54, 1.807) is 0 Å². The van der Waals surface area contributed by atoms with Crippen molar-refractivity contribution in [1.82, 2.24) is 0 Å². The Hall–Kier alpha value is -1.60. The van der Waals surface area contributed by atoms with Gasteiger partial charge < -0.3 is 5.11 Å². The third kappa shape index (κ3) is 6.44. The van der Waals surface area contributed by atoms with Crippen LogP contribution in [-0.4, -0.2) is 11.2 Å². The first-order valence-electron chi connectivity index (χ1n) is 12.0. The molecule has 1 saturated carbocycles. The minimum absolute atomic E-state index is 0.172. The van der Waals surface area contributed by atoms with Gasteiger partial charge in [0.1, 0.15) is 0 Å². The van der Waals surface area contributed by atoms with Crippen molar-refractivity contribution in [2.75, 3.05) is 0 Å². The predicted octanol–water partition coefficient (Wildman–Crippen LogP) is 7.67. The Morgan fingerprint density at radius 2 is 1.48 bits per heavy atom. The number of rotatable bonds is 11. The highest BCUT2D eigenvalue weighted by molar-refractivity contribution is 5.63. The summed E-state index contributed by atoms with van der Waals surface area (Å²) >= 11 is 0. The summed E-state index contributed by atoms with van der Waals surface area (Å²) in [6.45, 7) is 4.54. The van der Waals surface area contributed by atoms with Gasteiger partial charge in [-0.3, -0.25) is 0 Å². The molecule has 0 aromatic heterocycles. The van der Waals surface area contributed by atoms with E-state index in [4.69, 9.17) is 0 Å². The molecule has 0 spiro atoms. The van der Waals surface area contributed by atoms with E-state index in [0.717, 1.165) is 31.1 Å². The molecule has 0 amide bonds. The van der Waals surface area contributed by atoms with Crippen molar-refractivity contribution < 1.29 is 5.11 Å². The van der Waals surface area contributed by atoms with Gasteiger partial charge in [0.15, 0.2) is 0 Å². The number of benzene rings is 2. The molecule has 1 nitrogen and oxygen atoms in total. The van der Waals surface area contributed by atoms with Gasteiger partial charge in [0.2, 0.25) is 0 Å². The first-order valence-corrected chi connectivity index (χ1v) is 12.0. The first kappa shape index (κ1) is 22.1. The molecule has 1 heteroatoms. The fourth-order valence-electron chi connectivity index (χ4n) is 5.35. The van der Waals surface area contributed by atoms with Crippen molar-refractivity contribution in [3.63, 3.8) is 0 Å². The lowest BCUT2D eigenvalue weighted by atomic mass is 9.81. The fraction of sp³-hybridized carbons (Fsp3) is 0.571. The summed E-state index contributed by atoms with van der Waals surface area (Å²) in [7, 11) is 0. The summed E-state index contributed by atoms with van der Waals surface area (Å²) in [6.07, 6.45) is 12.3. The molecule has 0 bridgehead atoms. The van der Waals surface area contributed by atoms with Gasteiger partial charge in [-0.2, -0.15) is 0 Å². The van der Waals surface area contributed by atoms with E-state index in [1.807, 2.05) is 0 Å². The van der Waals surface area contributed by atoms with Crippen molar-refractivity contribution in [1.29, 1.82) is 0 Å². The average molecular weight is 393 g/mol. The van der Waals surface area contributed by atoms with Crippen molar-refractivity contribution in [3.05, 3.63) is 60.2 Å². The van der Waals surface area contributed by atoms with Crippen LogP contribution in [0.25, 0.3) is 11.1 Å². The second-order valence-corrected chi connectivity index (χ2v) is 9.17. The molecule has 2 aromatic rings. The van der Waals surface area contributed by atoms with Gasteiger partial charge in [0.25, 0.3) is 0 Å². The fourth-order valence-corrected chi connectivity index (χ4v) is 5.35. The average Bonchev–Trinajstić information content (AvgIpc) is 3.30. The predicted molar refractivity (Wildman–Crippen MR) is 125 cm³/mol. The minimum atomic E-state index is -0.172. The topological polar surface area (TPSA) is 20.2 Å². The maximum atomic E-state index is 11.0. The van der Waals surface area contributed by atoms with E-state index < -0.39 is 0 Å². The molecule has 29 heavy (non-hydrogen) atoms. The summed E-state index contributed by atoms with van der Waals surface area (Å²) in [4.78, 5) is 0. The summed E-state index contributed by atoms with van der Waals surface area (Å²) in [5, 5.41) is 11.0. The van der Waals surface area contributed by atoms with Gasteiger partial charge in [-0.05, 0) is 53.7 Å². The standard InChI is InChI=1S/C28H40O/c1-3-10-24(25-13-8-9-14-25)19-20-28(29)23(4-2)21-22-15-17-27(18-16-22)26-11-6-5-7-12-26/h5-7,11-12,15-18,23-25,28-29H,3-4,8-10,13-14,19-21H2,1-2H3. The van der Waals surface area contributed by atoms with Crippen molar-refractivity contribution >= 4 is 0 Å². The molecule has 1 N–H and O–H groups in total. The Kier molecular flexibility index (Phi) is 8.80. The summed E-state index contributed by atoms with van der Waals surface area (Å²) in [5.41, 5.74) is 3.87. The molecular weight excluding hydrogens is 352 g/mol. The van der Waals surface area contributed by atoms with Crippen LogP contribution in [0.2, 0.25) is 0 Å². The van der Waals surface area contributed by atoms with E-state index in [9.17, 15) is 5.11 Å². The summed E-state index contributed by atoms with van der Waals surface area (Å²) in [6, 6.07) is 19.5. The van der Waals surface area contributed by atoms with Crippen molar-refractivity contribution in [2.24, 2.45) is 17.8 Å². The normalized spacial score (nSPS) is 17.9. The molecule has 1 aliphatic rings. The molecule has 1 aliphatic carbocycles. The minimum Gasteiger partial charge on any atom is -0.393 e. The van der Waals surface area contributed by atoms with Gasteiger partial charge in [-0.15, -0.1) is 0 Å². The van der Waals surface area contributed by atoms with E-state index in [0.29, 0.717) is 5.92 Å². The molecule has 0 aliphatic heterocycles. The summed E-state index contributed by atoms with van der Waals surface area (Å²) in [5.74, 6) is 2.12. The van der Waals surface area contributed by atoms with Crippen LogP contribution in [-0.2, 0) is 6.42 Å². The molecule has 1 fully saturated rings. The van der Waals surface area contributed by atoms with Crippen LogP contribution in [0, 0.1) is 17.8 Å².